The van der Waals surface area contributed by atoms with Gasteiger partial charge in [0.05, 0.1) is 6.54 Å². The van der Waals surface area contributed by atoms with E-state index >= 15 is 0 Å². The number of hydrogen-bond donors (Lipinski definition) is 2. The van der Waals surface area contributed by atoms with Gasteiger partial charge in [0.25, 0.3) is 0 Å². The number of nitrogens with zero attached hydrogens (tertiary/aromatic N) is 1. The van der Waals surface area contributed by atoms with Crippen LogP contribution in [0.4, 0.5) is 0 Å². The number of nitrogens with one attached hydrogen (secondary N) is 1. The molecular formula is C17H27N3O2. The maximum absolute atomic E-state index is 5.91. The lowest BCUT2D eigenvalue weighted by Crippen LogP contribution is -2.35. The minimum absolute atomic E-state index is 0.125. The fourth-order valence-corrected chi connectivity index (χ4v) is 2.20. The molecule has 0 saturated heterocycles. The molecule has 3 N–H and O–H groups in total. The Morgan fingerprint density at radius 2 is 1.95 bits per heavy atom. The predicted octanol–water partition coefficient (Wildman–Crippen LogP) is 2.30. The number of benzene rings is 1. The highest BCUT2D eigenvalue weighted by Gasteiger charge is 2.23. The Hall–Kier alpha value is -1.91. The molecule has 122 valence electrons. The molecule has 1 aromatic rings. The fourth-order valence-electron chi connectivity index (χ4n) is 2.20. The highest BCUT2D eigenvalue weighted by atomic mass is 16.6. The Kier molecular flexibility index (Phi) is 5.16. The quantitative estimate of drug-likeness (QED) is 0.647. The van der Waals surface area contributed by atoms with Crippen LogP contribution in [-0.4, -0.2) is 32.3 Å². The molecule has 1 aromatic carbocycles. The molecule has 5 nitrogen and oxygen atoms in total. The smallest absolute Gasteiger partial charge is 0.188 e. The summed E-state index contributed by atoms with van der Waals surface area (Å²) in [6.45, 7) is 11.2. The Bertz CT molecular complexity index is 539. The van der Waals surface area contributed by atoms with Crippen LogP contribution in [0.5, 0.6) is 11.5 Å². The van der Waals surface area contributed by atoms with E-state index in [0.717, 1.165) is 23.6 Å². The topological polar surface area (TPSA) is 68.9 Å². The molecule has 2 rings (SSSR count). The van der Waals surface area contributed by atoms with Gasteiger partial charge in [0.1, 0.15) is 13.2 Å². The van der Waals surface area contributed by atoms with Crippen LogP contribution in [0.1, 0.15) is 33.3 Å². The second kappa shape index (κ2) is 6.90. The number of hydrogen-bond acceptors (Lipinski definition) is 3. The minimum Gasteiger partial charge on any atom is -0.486 e. The van der Waals surface area contributed by atoms with Gasteiger partial charge >= 0.3 is 0 Å². The summed E-state index contributed by atoms with van der Waals surface area (Å²) in [7, 11) is 0. The third kappa shape index (κ3) is 4.29. The van der Waals surface area contributed by atoms with Gasteiger partial charge in [-0.05, 0) is 23.6 Å². The first-order valence-electron chi connectivity index (χ1n) is 7.82. The fraction of sp³-hybridized carbons (Fsp3) is 0.588. The van der Waals surface area contributed by atoms with E-state index in [1.54, 1.807) is 0 Å². The standard InChI is InChI=1S/C17H27N3O2/c1-12(2)10-19-16(18)20-11-17(3,4)13-5-6-14-15(9-13)22-8-7-21-14/h5-6,9,12H,7-8,10-11H2,1-4H3,(H3,18,19,20). The van der Waals surface area contributed by atoms with Gasteiger partial charge < -0.3 is 20.5 Å². The van der Waals surface area contributed by atoms with Crippen molar-refractivity contribution in [3.8, 4) is 11.5 Å². The zero-order valence-electron chi connectivity index (χ0n) is 14.0. The highest BCUT2D eigenvalue weighted by Crippen LogP contribution is 2.35. The van der Waals surface area contributed by atoms with Crippen molar-refractivity contribution in [3.63, 3.8) is 0 Å². The highest BCUT2D eigenvalue weighted by molar-refractivity contribution is 5.77. The Balaban J connectivity index is 2.04. The summed E-state index contributed by atoms with van der Waals surface area (Å²) in [6.07, 6.45) is 0. The molecule has 22 heavy (non-hydrogen) atoms. The van der Waals surface area contributed by atoms with Gasteiger partial charge in [-0.3, -0.25) is 4.99 Å². The van der Waals surface area contributed by atoms with Crippen molar-refractivity contribution in [2.45, 2.75) is 33.1 Å². The lowest BCUT2D eigenvalue weighted by atomic mass is 9.84. The van der Waals surface area contributed by atoms with Crippen LogP contribution in [0, 0.1) is 5.92 Å². The van der Waals surface area contributed by atoms with E-state index in [0.29, 0.717) is 31.6 Å². The summed E-state index contributed by atoms with van der Waals surface area (Å²) < 4.78 is 11.2. The number of aliphatic imine (C=N–C) groups is 1. The predicted molar refractivity (Wildman–Crippen MR) is 89.8 cm³/mol. The molecule has 0 saturated carbocycles. The summed E-state index contributed by atoms with van der Waals surface area (Å²) >= 11 is 0. The number of rotatable bonds is 5. The number of ether oxygens (including phenoxy) is 2. The summed E-state index contributed by atoms with van der Waals surface area (Å²) in [4.78, 5) is 4.47. The SMILES string of the molecule is CC(C)CNC(N)=NCC(C)(C)c1ccc2c(c1)OCCO2. The molecule has 0 aliphatic carbocycles. The van der Waals surface area contributed by atoms with E-state index in [9.17, 15) is 0 Å². The molecule has 0 atom stereocenters. The largest absolute Gasteiger partial charge is 0.486 e. The lowest BCUT2D eigenvalue weighted by molar-refractivity contribution is 0.171. The van der Waals surface area contributed by atoms with Crippen LogP contribution in [0.15, 0.2) is 23.2 Å². The first kappa shape index (κ1) is 16.5. The summed E-state index contributed by atoms with van der Waals surface area (Å²) in [6, 6.07) is 6.08. The number of fused-ring (bicyclic) bond motifs is 1. The van der Waals surface area contributed by atoms with Gasteiger partial charge in [0, 0.05) is 12.0 Å². The first-order valence-corrected chi connectivity index (χ1v) is 7.82. The monoisotopic (exact) mass is 305 g/mol. The summed E-state index contributed by atoms with van der Waals surface area (Å²) in [5, 5.41) is 3.14. The van der Waals surface area contributed by atoms with Crippen molar-refractivity contribution in [3.05, 3.63) is 23.8 Å². The second-order valence-electron chi connectivity index (χ2n) is 6.72. The van der Waals surface area contributed by atoms with Crippen molar-refractivity contribution in [1.82, 2.24) is 5.32 Å². The van der Waals surface area contributed by atoms with Gasteiger partial charge in [-0.1, -0.05) is 33.8 Å². The van der Waals surface area contributed by atoms with Gasteiger partial charge in [0.2, 0.25) is 0 Å². The molecule has 1 heterocycles. The van der Waals surface area contributed by atoms with E-state index in [2.05, 4.69) is 44.1 Å². The van der Waals surface area contributed by atoms with E-state index in [-0.39, 0.29) is 5.41 Å². The molecule has 0 aromatic heterocycles. The maximum Gasteiger partial charge on any atom is 0.188 e. The summed E-state index contributed by atoms with van der Waals surface area (Å²) in [5.74, 6) is 2.66. The Morgan fingerprint density at radius 1 is 1.27 bits per heavy atom. The molecule has 0 fully saturated rings. The maximum atomic E-state index is 5.91. The van der Waals surface area contributed by atoms with Crippen LogP contribution in [0.3, 0.4) is 0 Å². The van der Waals surface area contributed by atoms with E-state index in [1.165, 1.54) is 0 Å². The van der Waals surface area contributed by atoms with Crippen LogP contribution in [0.2, 0.25) is 0 Å². The Morgan fingerprint density at radius 3 is 2.64 bits per heavy atom. The normalized spacial score (nSPS) is 15.0. The average molecular weight is 305 g/mol. The van der Waals surface area contributed by atoms with Crippen molar-refractivity contribution in [2.24, 2.45) is 16.6 Å². The number of nitrogens with two attached hydrogens (primary N) is 1. The van der Waals surface area contributed by atoms with Crippen molar-refractivity contribution in [1.29, 1.82) is 0 Å². The Labute approximate surface area is 132 Å². The van der Waals surface area contributed by atoms with E-state index in [4.69, 9.17) is 15.2 Å². The van der Waals surface area contributed by atoms with Crippen molar-refractivity contribution in [2.75, 3.05) is 26.3 Å². The molecule has 1 aliphatic heterocycles. The van der Waals surface area contributed by atoms with Gasteiger partial charge in [-0.15, -0.1) is 0 Å². The second-order valence-corrected chi connectivity index (χ2v) is 6.72. The van der Waals surface area contributed by atoms with Crippen molar-refractivity contribution >= 4 is 5.96 Å². The molecule has 0 bridgehead atoms. The minimum atomic E-state index is -0.125. The molecule has 1 aliphatic rings. The lowest BCUT2D eigenvalue weighted by Gasteiger charge is -2.26. The first-order chi connectivity index (χ1) is 10.4. The van der Waals surface area contributed by atoms with Crippen LogP contribution in [0.25, 0.3) is 0 Å². The molecule has 0 radical (unpaired) electrons. The zero-order valence-corrected chi connectivity index (χ0v) is 14.0. The van der Waals surface area contributed by atoms with Crippen LogP contribution < -0.4 is 20.5 Å². The summed E-state index contributed by atoms with van der Waals surface area (Å²) in [5.41, 5.74) is 6.95. The number of guanidine groups is 1. The molecule has 5 heteroatoms. The third-order valence-electron chi connectivity index (χ3n) is 3.66. The molecular weight excluding hydrogens is 278 g/mol. The molecule has 0 amide bonds. The van der Waals surface area contributed by atoms with Gasteiger partial charge in [-0.2, -0.15) is 0 Å². The van der Waals surface area contributed by atoms with Gasteiger partial charge in [0.15, 0.2) is 17.5 Å². The van der Waals surface area contributed by atoms with Gasteiger partial charge in [-0.25, -0.2) is 0 Å². The third-order valence-corrected chi connectivity index (χ3v) is 3.66. The van der Waals surface area contributed by atoms with E-state index < -0.39 is 0 Å². The van der Waals surface area contributed by atoms with Crippen LogP contribution in [-0.2, 0) is 5.41 Å². The molecule has 0 spiro atoms. The zero-order chi connectivity index (χ0) is 16.2. The van der Waals surface area contributed by atoms with E-state index in [1.807, 2.05) is 12.1 Å². The average Bonchev–Trinajstić information content (AvgIpc) is 2.50. The molecule has 0 unspecified atom stereocenters. The van der Waals surface area contributed by atoms with Crippen molar-refractivity contribution < 1.29 is 9.47 Å². The van der Waals surface area contributed by atoms with Crippen LogP contribution >= 0.6 is 0 Å².